The summed E-state index contributed by atoms with van der Waals surface area (Å²) in [5, 5.41) is 0.720. The maximum atomic E-state index is 13.5. The van der Waals surface area contributed by atoms with Gasteiger partial charge in [-0.15, -0.1) is 11.8 Å². The van der Waals surface area contributed by atoms with Crippen LogP contribution in [0.25, 0.3) is 10.2 Å². The first-order valence-electron chi connectivity index (χ1n) is 10.3. The topological polar surface area (TPSA) is 45.7 Å². The number of benzene rings is 3. The van der Waals surface area contributed by atoms with Gasteiger partial charge >= 0.3 is 0 Å². The van der Waals surface area contributed by atoms with Crippen LogP contribution in [0.4, 0.5) is 5.13 Å². The quantitative estimate of drug-likeness (QED) is 0.299. The summed E-state index contributed by atoms with van der Waals surface area (Å²) in [6.07, 6.45) is 2.04. The molecule has 1 heterocycles. The van der Waals surface area contributed by atoms with Gasteiger partial charge in [0.15, 0.2) is 5.13 Å². The SMILES string of the molecule is CSc1cccc2sc(N(CCN(C)C)C(=O)c3ccc(Oc4ccccc4)cc3)nc12. The maximum absolute atomic E-state index is 13.5. The summed E-state index contributed by atoms with van der Waals surface area (Å²) in [5.74, 6) is 1.39. The van der Waals surface area contributed by atoms with Crippen molar-refractivity contribution in [2.45, 2.75) is 4.90 Å². The second kappa shape index (κ2) is 10.2. The number of thiazole rings is 1. The molecule has 4 aromatic rings. The van der Waals surface area contributed by atoms with E-state index in [1.54, 1.807) is 28.0 Å². The number of rotatable bonds is 8. The lowest BCUT2D eigenvalue weighted by Crippen LogP contribution is -2.36. The zero-order chi connectivity index (χ0) is 22.5. The highest BCUT2D eigenvalue weighted by Crippen LogP contribution is 2.34. The second-order valence-electron chi connectivity index (χ2n) is 7.50. The largest absolute Gasteiger partial charge is 0.457 e. The summed E-state index contributed by atoms with van der Waals surface area (Å²) in [6, 6.07) is 23.0. The molecule has 3 aromatic carbocycles. The molecule has 7 heteroatoms. The Hall–Kier alpha value is -2.87. The van der Waals surface area contributed by atoms with Crippen molar-refractivity contribution in [3.05, 3.63) is 78.4 Å². The molecule has 0 saturated carbocycles. The number of ether oxygens (including phenoxy) is 1. The van der Waals surface area contributed by atoms with Crippen molar-refractivity contribution in [2.75, 3.05) is 38.3 Å². The number of hydrogen-bond donors (Lipinski definition) is 0. The van der Waals surface area contributed by atoms with Crippen molar-refractivity contribution >= 4 is 44.4 Å². The molecular formula is C25H25N3O2S2. The van der Waals surface area contributed by atoms with Crippen molar-refractivity contribution in [1.82, 2.24) is 9.88 Å². The standard InChI is InChI=1S/C25H25N3O2S2/c1-27(2)16-17-28(25-26-23-21(31-3)10-7-11-22(23)32-25)24(29)18-12-14-20(15-13-18)30-19-8-5-4-6-9-19/h4-15H,16-17H2,1-3H3. The van der Waals surface area contributed by atoms with Gasteiger partial charge in [0.25, 0.3) is 5.91 Å². The Labute approximate surface area is 196 Å². The summed E-state index contributed by atoms with van der Waals surface area (Å²) in [6.45, 7) is 1.30. The predicted molar refractivity (Wildman–Crippen MR) is 135 cm³/mol. The molecule has 0 fully saturated rings. The Morgan fingerprint density at radius 1 is 0.938 bits per heavy atom. The third kappa shape index (κ3) is 5.12. The molecule has 0 aliphatic heterocycles. The lowest BCUT2D eigenvalue weighted by Gasteiger charge is -2.22. The minimum atomic E-state index is -0.0668. The summed E-state index contributed by atoms with van der Waals surface area (Å²) < 4.78 is 6.94. The average molecular weight is 464 g/mol. The van der Waals surface area contributed by atoms with Gasteiger partial charge in [0.05, 0.1) is 10.2 Å². The predicted octanol–water partition coefficient (Wildman–Crippen LogP) is 6.02. The number of fused-ring (bicyclic) bond motifs is 1. The smallest absolute Gasteiger partial charge is 0.260 e. The van der Waals surface area contributed by atoms with Crippen LogP contribution in [0, 0.1) is 0 Å². The Morgan fingerprint density at radius 2 is 1.66 bits per heavy atom. The number of anilines is 1. The van der Waals surface area contributed by atoms with E-state index in [4.69, 9.17) is 9.72 Å². The minimum absolute atomic E-state index is 0.0668. The fraction of sp³-hybridized carbons (Fsp3) is 0.200. The molecule has 0 N–H and O–H groups in total. The Bertz CT molecular complexity index is 1190. The first kappa shape index (κ1) is 22.3. The molecule has 5 nitrogen and oxygen atoms in total. The summed E-state index contributed by atoms with van der Waals surface area (Å²) >= 11 is 3.22. The van der Waals surface area contributed by atoms with E-state index < -0.39 is 0 Å². The normalized spacial score (nSPS) is 11.1. The zero-order valence-electron chi connectivity index (χ0n) is 18.3. The average Bonchev–Trinajstić information content (AvgIpc) is 3.24. The summed E-state index contributed by atoms with van der Waals surface area (Å²) in [5.41, 5.74) is 1.56. The number of carbonyl (C=O) groups excluding carboxylic acids is 1. The molecule has 0 atom stereocenters. The lowest BCUT2D eigenvalue weighted by atomic mass is 10.2. The van der Waals surface area contributed by atoms with E-state index in [0.717, 1.165) is 32.5 Å². The van der Waals surface area contributed by atoms with Gasteiger partial charge in [-0.1, -0.05) is 35.6 Å². The van der Waals surface area contributed by atoms with Gasteiger partial charge in [0.1, 0.15) is 11.5 Å². The van der Waals surface area contributed by atoms with Crippen molar-refractivity contribution in [2.24, 2.45) is 0 Å². The molecule has 1 amide bonds. The number of aromatic nitrogens is 1. The van der Waals surface area contributed by atoms with Gasteiger partial charge in [-0.3, -0.25) is 9.69 Å². The van der Waals surface area contributed by atoms with E-state index in [0.29, 0.717) is 17.9 Å². The van der Waals surface area contributed by atoms with Gasteiger partial charge in [-0.05, 0) is 68.9 Å². The van der Waals surface area contributed by atoms with E-state index in [-0.39, 0.29) is 5.91 Å². The van der Waals surface area contributed by atoms with E-state index in [2.05, 4.69) is 17.0 Å². The van der Waals surface area contributed by atoms with E-state index >= 15 is 0 Å². The molecule has 0 aliphatic carbocycles. The van der Waals surface area contributed by atoms with Crippen LogP contribution in [-0.4, -0.2) is 49.2 Å². The minimum Gasteiger partial charge on any atom is -0.457 e. The second-order valence-corrected chi connectivity index (χ2v) is 9.36. The fourth-order valence-electron chi connectivity index (χ4n) is 3.22. The van der Waals surface area contributed by atoms with Crippen molar-refractivity contribution < 1.29 is 9.53 Å². The molecule has 0 spiro atoms. The number of para-hydroxylation sites is 2. The Kier molecular flexibility index (Phi) is 7.09. The number of nitrogens with zero attached hydrogens (tertiary/aromatic N) is 3. The van der Waals surface area contributed by atoms with Gasteiger partial charge in [0.2, 0.25) is 0 Å². The van der Waals surface area contributed by atoms with Crippen LogP contribution in [0.2, 0.25) is 0 Å². The fourth-order valence-corrected chi connectivity index (χ4v) is 4.87. The van der Waals surface area contributed by atoms with Crippen LogP contribution in [0.3, 0.4) is 0 Å². The van der Waals surface area contributed by atoms with Gasteiger partial charge in [-0.25, -0.2) is 4.98 Å². The zero-order valence-corrected chi connectivity index (χ0v) is 20.0. The molecular weight excluding hydrogens is 438 g/mol. The molecule has 0 aliphatic rings. The molecule has 0 radical (unpaired) electrons. The summed E-state index contributed by atoms with van der Waals surface area (Å²) in [7, 11) is 4.01. The number of hydrogen-bond acceptors (Lipinski definition) is 6. The first-order chi connectivity index (χ1) is 15.5. The molecule has 0 bridgehead atoms. The molecule has 32 heavy (non-hydrogen) atoms. The third-order valence-electron chi connectivity index (χ3n) is 4.92. The van der Waals surface area contributed by atoms with Crippen LogP contribution >= 0.6 is 23.1 Å². The highest BCUT2D eigenvalue weighted by molar-refractivity contribution is 7.98. The molecule has 1 aromatic heterocycles. The van der Waals surface area contributed by atoms with Crippen LogP contribution in [-0.2, 0) is 0 Å². The van der Waals surface area contributed by atoms with Gasteiger partial charge in [-0.2, -0.15) is 0 Å². The van der Waals surface area contributed by atoms with E-state index in [9.17, 15) is 4.79 Å². The van der Waals surface area contributed by atoms with Gasteiger partial charge < -0.3 is 9.64 Å². The van der Waals surface area contributed by atoms with E-state index in [1.165, 1.54) is 0 Å². The van der Waals surface area contributed by atoms with Crippen LogP contribution in [0.1, 0.15) is 10.4 Å². The number of carbonyl (C=O) groups is 1. The van der Waals surface area contributed by atoms with Gasteiger partial charge in [0, 0.05) is 23.5 Å². The Morgan fingerprint density at radius 3 is 2.34 bits per heavy atom. The molecule has 0 unspecified atom stereocenters. The Balaban J connectivity index is 1.61. The van der Waals surface area contributed by atoms with Crippen molar-refractivity contribution in [1.29, 1.82) is 0 Å². The van der Waals surface area contributed by atoms with Crippen molar-refractivity contribution in [3.63, 3.8) is 0 Å². The number of likely N-dealkylation sites (N-methyl/N-ethyl adjacent to an activating group) is 1. The number of thioether (sulfide) groups is 1. The highest BCUT2D eigenvalue weighted by Gasteiger charge is 2.22. The monoisotopic (exact) mass is 463 g/mol. The van der Waals surface area contributed by atoms with Crippen LogP contribution in [0.5, 0.6) is 11.5 Å². The third-order valence-corrected chi connectivity index (χ3v) is 6.73. The maximum Gasteiger partial charge on any atom is 0.260 e. The van der Waals surface area contributed by atoms with Crippen LogP contribution in [0.15, 0.2) is 77.7 Å². The van der Waals surface area contributed by atoms with E-state index in [1.807, 2.05) is 81.0 Å². The summed E-state index contributed by atoms with van der Waals surface area (Å²) in [4.78, 5) is 23.3. The lowest BCUT2D eigenvalue weighted by molar-refractivity contribution is 0.0985. The molecule has 4 rings (SSSR count). The van der Waals surface area contributed by atoms with Crippen LogP contribution < -0.4 is 9.64 Å². The molecule has 164 valence electrons. The molecule has 0 saturated heterocycles. The number of amides is 1. The van der Waals surface area contributed by atoms with Crippen molar-refractivity contribution in [3.8, 4) is 11.5 Å². The first-order valence-corrected chi connectivity index (χ1v) is 12.3. The highest BCUT2D eigenvalue weighted by atomic mass is 32.2.